The van der Waals surface area contributed by atoms with Crippen LogP contribution in [0.2, 0.25) is 0 Å². The van der Waals surface area contributed by atoms with E-state index >= 15 is 0 Å². The maximum Gasteiger partial charge on any atom is 0.326 e. The number of aliphatic hydroxyl groups is 1. The van der Waals surface area contributed by atoms with Gasteiger partial charge in [0.05, 0.1) is 0 Å². The molecule has 4 N–H and O–H groups in total. The van der Waals surface area contributed by atoms with Gasteiger partial charge in [0.25, 0.3) is 0 Å². The van der Waals surface area contributed by atoms with Gasteiger partial charge in [0, 0.05) is 19.4 Å². The van der Waals surface area contributed by atoms with Crippen LogP contribution in [-0.2, 0) is 9.59 Å². The molecule has 1 aliphatic rings. The lowest BCUT2D eigenvalue weighted by Crippen LogP contribution is -2.47. The zero-order chi connectivity index (χ0) is 11.3. The van der Waals surface area contributed by atoms with E-state index < -0.39 is 12.0 Å². The Balaban J connectivity index is 2.28. The Labute approximate surface area is 87.7 Å². The van der Waals surface area contributed by atoms with Gasteiger partial charge in [-0.1, -0.05) is 0 Å². The monoisotopic (exact) mass is 216 g/mol. The first-order valence-electron chi connectivity index (χ1n) is 4.97. The number of rotatable bonds is 6. The quantitative estimate of drug-likeness (QED) is 0.435. The number of amides is 1. The highest BCUT2D eigenvalue weighted by Gasteiger charge is 2.23. The zero-order valence-corrected chi connectivity index (χ0v) is 8.40. The molecule has 1 aliphatic heterocycles. The molecule has 0 aliphatic carbocycles. The highest BCUT2D eigenvalue weighted by Crippen LogP contribution is 2.08. The SMILES string of the molecule is O=C(CC1CNC1)N[C@H](CCO)C(=O)O. The number of carbonyl (C=O) groups is 2. The number of nitrogens with one attached hydrogen (secondary N) is 2. The van der Waals surface area contributed by atoms with Gasteiger partial charge < -0.3 is 20.8 Å². The van der Waals surface area contributed by atoms with Gasteiger partial charge in [-0.15, -0.1) is 0 Å². The summed E-state index contributed by atoms with van der Waals surface area (Å²) >= 11 is 0. The van der Waals surface area contributed by atoms with Crippen molar-refractivity contribution in [1.82, 2.24) is 10.6 Å². The number of carboxylic acid groups (broad SMARTS) is 1. The fourth-order valence-electron chi connectivity index (χ4n) is 1.39. The molecule has 1 fully saturated rings. The van der Waals surface area contributed by atoms with Crippen LogP contribution in [0.25, 0.3) is 0 Å². The molecule has 0 saturated carbocycles. The van der Waals surface area contributed by atoms with Gasteiger partial charge in [-0.05, 0) is 19.0 Å². The molecule has 6 nitrogen and oxygen atoms in total. The maximum absolute atomic E-state index is 11.4. The Hall–Kier alpha value is -1.14. The molecule has 0 unspecified atom stereocenters. The van der Waals surface area contributed by atoms with Crippen molar-refractivity contribution >= 4 is 11.9 Å². The van der Waals surface area contributed by atoms with E-state index in [1.54, 1.807) is 0 Å². The molecule has 0 radical (unpaired) electrons. The van der Waals surface area contributed by atoms with Crippen molar-refractivity contribution in [2.75, 3.05) is 19.7 Å². The van der Waals surface area contributed by atoms with Crippen molar-refractivity contribution in [1.29, 1.82) is 0 Å². The van der Waals surface area contributed by atoms with E-state index in [-0.39, 0.29) is 18.9 Å². The molecule has 1 saturated heterocycles. The van der Waals surface area contributed by atoms with Crippen LogP contribution in [0.15, 0.2) is 0 Å². The third kappa shape index (κ3) is 3.85. The Kier molecular flexibility index (Phi) is 4.51. The summed E-state index contributed by atoms with van der Waals surface area (Å²) in [7, 11) is 0. The molecular weight excluding hydrogens is 200 g/mol. The van der Waals surface area contributed by atoms with E-state index in [1.807, 2.05) is 0 Å². The molecule has 0 aromatic rings. The van der Waals surface area contributed by atoms with Gasteiger partial charge in [-0.2, -0.15) is 0 Å². The minimum Gasteiger partial charge on any atom is -0.480 e. The highest BCUT2D eigenvalue weighted by molar-refractivity contribution is 5.83. The van der Waals surface area contributed by atoms with E-state index in [0.717, 1.165) is 13.1 Å². The van der Waals surface area contributed by atoms with E-state index in [0.29, 0.717) is 12.3 Å². The number of hydrogen-bond donors (Lipinski definition) is 4. The third-order valence-corrected chi connectivity index (χ3v) is 2.39. The van der Waals surface area contributed by atoms with Crippen molar-refractivity contribution in [3.05, 3.63) is 0 Å². The number of aliphatic hydroxyl groups excluding tert-OH is 1. The molecule has 0 spiro atoms. The summed E-state index contributed by atoms with van der Waals surface area (Å²) in [6, 6.07) is -0.976. The minimum atomic E-state index is -1.11. The van der Waals surface area contributed by atoms with Crippen LogP contribution in [-0.4, -0.2) is 47.8 Å². The second-order valence-corrected chi connectivity index (χ2v) is 3.70. The number of hydrogen-bond acceptors (Lipinski definition) is 4. The minimum absolute atomic E-state index is 0.0456. The van der Waals surface area contributed by atoms with Crippen LogP contribution in [0.1, 0.15) is 12.8 Å². The molecule has 15 heavy (non-hydrogen) atoms. The lowest BCUT2D eigenvalue weighted by Gasteiger charge is -2.26. The number of carbonyl (C=O) groups excluding carboxylic acids is 1. The normalized spacial score (nSPS) is 17.9. The Morgan fingerprint density at radius 1 is 1.47 bits per heavy atom. The lowest BCUT2D eigenvalue weighted by atomic mass is 9.99. The Morgan fingerprint density at radius 3 is 2.53 bits per heavy atom. The van der Waals surface area contributed by atoms with Crippen molar-refractivity contribution < 1.29 is 19.8 Å². The van der Waals surface area contributed by atoms with Crippen LogP contribution < -0.4 is 10.6 Å². The predicted octanol–water partition coefficient (Wildman–Crippen LogP) is -1.45. The Morgan fingerprint density at radius 2 is 2.13 bits per heavy atom. The smallest absolute Gasteiger partial charge is 0.326 e. The zero-order valence-electron chi connectivity index (χ0n) is 8.40. The molecule has 0 aromatic heterocycles. The Bertz CT molecular complexity index is 240. The summed E-state index contributed by atoms with van der Waals surface area (Å²) in [6.45, 7) is 1.37. The molecule has 1 heterocycles. The van der Waals surface area contributed by atoms with Gasteiger partial charge in [0.15, 0.2) is 0 Å². The molecular formula is C9H16N2O4. The van der Waals surface area contributed by atoms with E-state index in [1.165, 1.54) is 0 Å². The van der Waals surface area contributed by atoms with Crippen molar-refractivity contribution in [2.24, 2.45) is 5.92 Å². The fraction of sp³-hybridized carbons (Fsp3) is 0.778. The van der Waals surface area contributed by atoms with Crippen LogP contribution >= 0.6 is 0 Å². The van der Waals surface area contributed by atoms with Crippen LogP contribution in [0.4, 0.5) is 0 Å². The van der Waals surface area contributed by atoms with E-state index in [9.17, 15) is 9.59 Å². The molecule has 86 valence electrons. The summed E-state index contributed by atoms with van der Waals surface area (Å²) < 4.78 is 0. The van der Waals surface area contributed by atoms with Gasteiger partial charge >= 0.3 is 5.97 Å². The van der Waals surface area contributed by atoms with Crippen molar-refractivity contribution in [2.45, 2.75) is 18.9 Å². The number of carboxylic acids is 1. The molecule has 0 aromatic carbocycles. The first-order valence-corrected chi connectivity index (χ1v) is 4.97. The fourth-order valence-corrected chi connectivity index (χ4v) is 1.39. The average molecular weight is 216 g/mol. The molecule has 0 bridgehead atoms. The summed E-state index contributed by atoms with van der Waals surface area (Å²) in [4.78, 5) is 22.0. The topological polar surface area (TPSA) is 98.7 Å². The van der Waals surface area contributed by atoms with Crippen LogP contribution in [0.3, 0.4) is 0 Å². The summed E-state index contributed by atoms with van der Waals surface area (Å²) in [6.07, 6.45) is 0.395. The van der Waals surface area contributed by atoms with E-state index in [4.69, 9.17) is 10.2 Å². The van der Waals surface area contributed by atoms with Crippen LogP contribution in [0, 0.1) is 5.92 Å². The van der Waals surface area contributed by atoms with Crippen molar-refractivity contribution in [3.8, 4) is 0 Å². The van der Waals surface area contributed by atoms with Gasteiger partial charge in [0.2, 0.25) is 5.91 Å². The van der Waals surface area contributed by atoms with E-state index in [2.05, 4.69) is 10.6 Å². The largest absolute Gasteiger partial charge is 0.480 e. The van der Waals surface area contributed by atoms with Gasteiger partial charge in [0.1, 0.15) is 6.04 Å². The summed E-state index contributed by atoms with van der Waals surface area (Å²) in [5, 5.41) is 22.8. The summed E-state index contributed by atoms with van der Waals surface area (Å²) in [5.74, 6) is -1.06. The van der Waals surface area contributed by atoms with Gasteiger partial charge in [-0.3, -0.25) is 4.79 Å². The molecule has 6 heteroatoms. The number of aliphatic carboxylic acids is 1. The molecule has 1 amide bonds. The van der Waals surface area contributed by atoms with Crippen LogP contribution in [0.5, 0.6) is 0 Å². The standard InChI is InChI=1S/C9H16N2O4/c12-2-1-7(9(14)15)11-8(13)3-6-4-10-5-6/h6-7,10,12H,1-5H2,(H,11,13)(H,14,15)/t7-/m1/s1. The second kappa shape index (κ2) is 5.67. The molecule has 1 rings (SSSR count). The first kappa shape index (κ1) is 11.9. The average Bonchev–Trinajstić information content (AvgIpc) is 2.10. The lowest BCUT2D eigenvalue weighted by molar-refractivity contribution is -0.142. The summed E-state index contributed by atoms with van der Waals surface area (Å²) in [5.41, 5.74) is 0. The van der Waals surface area contributed by atoms with Gasteiger partial charge in [-0.25, -0.2) is 4.79 Å². The highest BCUT2D eigenvalue weighted by atomic mass is 16.4. The maximum atomic E-state index is 11.4. The molecule has 1 atom stereocenters. The third-order valence-electron chi connectivity index (χ3n) is 2.39. The second-order valence-electron chi connectivity index (χ2n) is 3.70. The predicted molar refractivity (Wildman–Crippen MR) is 52.2 cm³/mol. The first-order chi connectivity index (χ1) is 7.13. The van der Waals surface area contributed by atoms with Crippen molar-refractivity contribution in [3.63, 3.8) is 0 Å².